The van der Waals surface area contributed by atoms with Crippen molar-refractivity contribution in [1.29, 1.82) is 0 Å². The second kappa shape index (κ2) is 7.72. The van der Waals surface area contributed by atoms with E-state index in [0.29, 0.717) is 6.42 Å². The van der Waals surface area contributed by atoms with Crippen molar-refractivity contribution in [3.05, 3.63) is 29.6 Å². The van der Waals surface area contributed by atoms with Crippen molar-refractivity contribution in [2.24, 2.45) is 0 Å². The molecule has 3 nitrogen and oxygen atoms in total. The molecule has 1 saturated heterocycles. The maximum atomic E-state index is 13.6. The molecule has 6 heteroatoms. The van der Waals surface area contributed by atoms with Gasteiger partial charge < -0.3 is 10.6 Å². The zero-order valence-electron chi connectivity index (χ0n) is 10.7. The number of nitrogens with one attached hydrogen (secondary N) is 2. The largest absolute Gasteiger partial charge is 0.324 e. The molecule has 1 aliphatic rings. The van der Waals surface area contributed by atoms with Gasteiger partial charge in [-0.25, -0.2) is 4.39 Å². The third-order valence-corrected chi connectivity index (χ3v) is 3.96. The Hall–Kier alpha value is -0.780. The van der Waals surface area contributed by atoms with Crippen LogP contribution in [-0.4, -0.2) is 30.0 Å². The first kappa shape index (κ1) is 16.3. The summed E-state index contributed by atoms with van der Waals surface area (Å²) in [5.41, 5.74) is 1.10. The Kier molecular flexibility index (Phi) is 6.62. The van der Waals surface area contributed by atoms with E-state index in [1.807, 2.05) is 18.7 Å². The average Bonchev–Trinajstić information content (AvgIpc) is 2.34. The van der Waals surface area contributed by atoms with E-state index < -0.39 is 0 Å². The maximum Gasteiger partial charge on any atom is 0.226 e. The van der Waals surface area contributed by atoms with Gasteiger partial charge in [0.25, 0.3) is 0 Å². The Bertz CT molecular complexity index is 439. The molecule has 1 unspecified atom stereocenters. The van der Waals surface area contributed by atoms with Crippen LogP contribution in [0.5, 0.6) is 0 Å². The van der Waals surface area contributed by atoms with E-state index in [1.165, 1.54) is 6.07 Å². The molecular weight excluding hydrogens is 287 g/mol. The van der Waals surface area contributed by atoms with Crippen LogP contribution in [-0.2, 0) is 4.79 Å². The Labute approximate surface area is 123 Å². The Balaban J connectivity index is 0.00000180. The van der Waals surface area contributed by atoms with Crippen molar-refractivity contribution in [2.45, 2.75) is 19.4 Å². The molecule has 1 aromatic carbocycles. The third-order valence-electron chi connectivity index (χ3n) is 2.83. The van der Waals surface area contributed by atoms with Crippen molar-refractivity contribution in [1.82, 2.24) is 5.32 Å². The summed E-state index contributed by atoms with van der Waals surface area (Å²) in [5, 5.41) is 5.91. The van der Waals surface area contributed by atoms with Gasteiger partial charge in [0, 0.05) is 30.5 Å². The fourth-order valence-electron chi connectivity index (χ4n) is 1.90. The Morgan fingerprint density at radius 2 is 2.37 bits per heavy atom. The smallest absolute Gasteiger partial charge is 0.226 e. The number of hydrogen-bond donors (Lipinski definition) is 2. The normalized spacial score (nSPS) is 18.5. The van der Waals surface area contributed by atoms with Gasteiger partial charge in [-0.1, -0.05) is 6.07 Å². The Morgan fingerprint density at radius 3 is 3.00 bits per heavy atom. The van der Waals surface area contributed by atoms with Gasteiger partial charge in [0.2, 0.25) is 5.91 Å². The van der Waals surface area contributed by atoms with Crippen LogP contribution in [0.4, 0.5) is 10.1 Å². The highest BCUT2D eigenvalue weighted by molar-refractivity contribution is 7.99. The zero-order chi connectivity index (χ0) is 13.0. The molecule has 2 rings (SSSR count). The van der Waals surface area contributed by atoms with Gasteiger partial charge in [0.1, 0.15) is 5.82 Å². The minimum absolute atomic E-state index is 0. The molecule has 0 radical (unpaired) electrons. The van der Waals surface area contributed by atoms with E-state index >= 15 is 0 Å². The van der Waals surface area contributed by atoms with Crippen LogP contribution in [0.25, 0.3) is 0 Å². The molecule has 1 amide bonds. The molecule has 2 N–H and O–H groups in total. The molecule has 19 heavy (non-hydrogen) atoms. The van der Waals surface area contributed by atoms with E-state index in [9.17, 15) is 9.18 Å². The van der Waals surface area contributed by atoms with Crippen molar-refractivity contribution >= 4 is 35.8 Å². The minimum Gasteiger partial charge on any atom is -0.324 e. The molecule has 106 valence electrons. The number of carbonyl (C=O) groups is 1. The van der Waals surface area contributed by atoms with E-state index in [4.69, 9.17) is 0 Å². The van der Waals surface area contributed by atoms with E-state index in [-0.39, 0.29) is 35.9 Å². The highest BCUT2D eigenvalue weighted by Crippen LogP contribution is 2.16. The second-order valence-corrected chi connectivity index (χ2v) is 5.61. The van der Waals surface area contributed by atoms with Crippen molar-refractivity contribution in [3.63, 3.8) is 0 Å². The van der Waals surface area contributed by atoms with Crippen LogP contribution in [0, 0.1) is 12.7 Å². The molecule has 1 atom stereocenters. The summed E-state index contributed by atoms with van der Waals surface area (Å²) in [4.78, 5) is 11.8. The first-order valence-corrected chi connectivity index (χ1v) is 7.18. The molecule has 1 heterocycles. The SMILES string of the molecule is Cc1ccc(NC(=O)CC2CSCCN2)c(F)c1.Cl. The summed E-state index contributed by atoms with van der Waals surface area (Å²) in [7, 11) is 0. The lowest BCUT2D eigenvalue weighted by molar-refractivity contribution is -0.116. The van der Waals surface area contributed by atoms with Gasteiger partial charge >= 0.3 is 0 Å². The lowest BCUT2D eigenvalue weighted by Gasteiger charge is -2.22. The number of amides is 1. The van der Waals surface area contributed by atoms with Gasteiger partial charge in [0.15, 0.2) is 0 Å². The van der Waals surface area contributed by atoms with Gasteiger partial charge in [-0.2, -0.15) is 11.8 Å². The zero-order valence-corrected chi connectivity index (χ0v) is 12.4. The lowest BCUT2D eigenvalue weighted by atomic mass is 10.2. The first-order valence-electron chi connectivity index (χ1n) is 6.02. The fraction of sp³-hybridized carbons (Fsp3) is 0.462. The molecule has 0 spiro atoms. The number of anilines is 1. The lowest BCUT2D eigenvalue weighted by Crippen LogP contribution is -2.39. The van der Waals surface area contributed by atoms with Crippen LogP contribution in [0.3, 0.4) is 0 Å². The van der Waals surface area contributed by atoms with Crippen LogP contribution in [0.15, 0.2) is 18.2 Å². The molecule has 0 bridgehead atoms. The monoisotopic (exact) mass is 304 g/mol. The number of hydrogen-bond acceptors (Lipinski definition) is 3. The van der Waals surface area contributed by atoms with Gasteiger partial charge in [0.05, 0.1) is 5.69 Å². The number of benzene rings is 1. The molecule has 0 saturated carbocycles. The van der Waals surface area contributed by atoms with Crippen molar-refractivity contribution < 1.29 is 9.18 Å². The molecule has 0 aliphatic carbocycles. The van der Waals surface area contributed by atoms with Crippen LogP contribution in [0.1, 0.15) is 12.0 Å². The summed E-state index contributed by atoms with van der Waals surface area (Å²) in [6.45, 7) is 2.75. The predicted octanol–water partition coefficient (Wildman–Crippen LogP) is 2.59. The summed E-state index contributed by atoms with van der Waals surface area (Å²) in [5.74, 6) is 1.50. The number of rotatable bonds is 3. The first-order chi connectivity index (χ1) is 8.65. The summed E-state index contributed by atoms with van der Waals surface area (Å²) in [6.07, 6.45) is 0.389. The van der Waals surface area contributed by atoms with E-state index in [0.717, 1.165) is 23.6 Å². The van der Waals surface area contributed by atoms with Crippen molar-refractivity contribution in [3.8, 4) is 0 Å². The fourth-order valence-corrected chi connectivity index (χ4v) is 2.85. The Morgan fingerprint density at radius 1 is 1.58 bits per heavy atom. The van der Waals surface area contributed by atoms with E-state index in [1.54, 1.807) is 12.1 Å². The van der Waals surface area contributed by atoms with Crippen LogP contribution in [0.2, 0.25) is 0 Å². The quantitative estimate of drug-likeness (QED) is 0.902. The average molecular weight is 305 g/mol. The molecule has 1 fully saturated rings. The van der Waals surface area contributed by atoms with Gasteiger partial charge in [-0.3, -0.25) is 4.79 Å². The topological polar surface area (TPSA) is 41.1 Å². The number of thioether (sulfide) groups is 1. The minimum atomic E-state index is -0.380. The van der Waals surface area contributed by atoms with Gasteiger partial charge in [-0.05, 0) is 24.6 Å². The number of halogens is 2. The second-order valence-electron chi connectivity index (χ2n) is 4.46. The number of aryl methyl sites for hydroxylation is 1. The molecule has 0 aromatic heterocycles. The van der Waals surface area contributed by atoms with Crippen molar-refractivity contribution in [2.75, 3.05) is 23.4 Å². The standard InChI is InChI=1S/C13H17FN2OS.ClH/c1-9-2-3-12(11(14)6-9)16-13(17)7-10-8-18-5-4-15-10;/h2-3,6,10,15H,4-5,7-8H2,1H3,(H,16,17);1H. The highest BCUT2D eigenvalue weighted by Gasteiger charge is 2.17. The summed E-state index contributed by atoms with van der Waals surface area (Å²) in [6, 6.07) is 5.00. The number of carbonyl (C=O) groups excluding carboxylic acids is 1. The van der Waals surface area contributed by atoms with Crippen LogP contribution >= 0.6 is 24.2 Å². The van der Waals surface area contributed by atoms with E-state index in [2.05, 4.69) is 10.6 Å². The predicted molar refractivity (Wildman–Crippen MR) is 80.7 cm³/mol. The summed E-state index contributed by atoms with van der Waals surface area (Å²) < 4.78 is 13.6. The molecule has 1 aliphatic heterocycles. The maximum absolute atomic E-state index is 13.6. The highest BCUT2D eigenvalue weighted by atomic mass is 35.5. The van der Waals surface area contributed by atoms with Crippen LogP contribution < -0.4 is 10.6 Å². The molecule has 1 aromatic rings. The summed E-state index contributed by atoms with van der Waals surface area (Å²) >= 11 is 1.84. The molecular formula is C13H18ClFN2OS. The third kappa shape index (κ3) is 5.01. The van der Waals surface area contributed by atoms with Gasteiger partial charge in [-0.15, -0.1) is 12.4 Å².